The maximum absolute atomic E-state index is 13.2. The molecule has 0 fully saturated rings. The second kappa shape index (κ2) is 7.63. The Hall–Kier alpha value is -2.87. The predicted octanol–water partition coefficient (Wildman–Crippen LogP) is 3.41. The topological polar surface area (TPSA) is 102 Å². The summed E-state index contributed by atoms with van der Waals surface area (Å²) in [6.45, 7) is 7.32. The maximum atomic E-state index is 13.2. The van der Waals surface area contributed by atoms with Crippen molar-refractivity contribution in [2.45, 2.75) is 45.9 Å². The molecule has 3 aromatic rings. The fraction of sp³-hybridized carbons (Fsp3) is 0.368. The van der Waals surface area contributed by atoms with Gasteiger partial charge < -0.3 is 10.1 Å². The van der Waals surface area contributed by atoms with Crippen LogP contribution in [0.5, 0.6) is 0 Å². The highest BCUT2D eigenvalue weighted by atomic mass is 35.5. The number of ether oxygens (including phenoxy) is 1. The van der Waals surface area contributed by atoms with Crippen LogP contribution in [-0.2, 0) is 11.3 Å². The van der Waals surface area contributed by atoms with E-state index in [-0.39, 0.29) is 12.1 Å². The van der Waals surface area contributed by atoms with E-state index in [1.54, 1.807) is 58.3 Å². The molecule has 0 radical (unpaired) electrons. The van der Waals surface area contributed by atoms with Gasteiger partial charge in [-0.2, -0.15) is 5.10 Å². The SMILES string of the molecule is C[C@H](NC(=O)OC(C)(C)C)c1nc2cccc(Cl)c2c(=O)n1Cc1cn[nH]c1. The molecule has 0 aliphatic heterocycles. The molecule has 1 amide bonds. The van der Waals surface area contributed by atoms with Crippen LogP contribution < -0.4 is 10.9 Å². The van der Waals surface area contributed by atoms with Crippen LogP contribution >= 0.6 is 11.6 Å². The van der Waals surface area contributed by atoms with Gasteiger partial charge in [0.05, 0.1) is 34.7 Å². The van der Waals surface area contributed by atoms with Crippen molar-refractivity contribution in [3.05, 3.63) is 57.4 Å². The second-order valence-corrected chi connectivity index (χ2v) is 7.88. The number of halogens is 1. The predicted molar refractivity (Wildman–Crippen MR) is 106 cm³/mol. The van der Waals surface area contributed by atoms with Crippen LogP contribution in [-0.4, -0.2) is 31.4 Å². The first-order valence-electron chi connectivity index (χ1n) is 8.82. The largest absolute Gasteiger partial charge is 0.444 e. The molecule has 0 aliphatic rings. The highest BCUT2D eigenvalue weighted by Crippen LogP contribution is 2.21. The number of carbonyl (C=O) groups excluding carboxylic acids is 1. The standard InChI is InChI=1S/C19H22ClN5O3/c1-11(23-18(27)28-19(2,3)4)16-24-14-7-5-6-13(20)15(14)17(26)25(16)10-12-8-21-22-9-12/h5-9,11H,10H2,1-4H3,(H,21,22)(H,23,27)/t11-/m0/s1. The molecule has 0 saturated carbocycles. The summed E-state index contributed by atoms with van der Waals surface area (Å²) in [6, 6.07) is 4.52. The molecule has 2 heterocycles. The lowest BCUT2D eigenvalue weighted by Gasteiger charge is -2.23. The van der Waals surface area contributed by atoms with Gasteiger partial charge in [-0.05, 0) is 39.8 Å². The summed E-state index contributed by atoms with van der Waals surface area (Å²) in [5.41, 5.74) is 0.337. The van der Waals surface area contributed by atoms with Gasteiger partial charge in [0.15, 0.2) is 0 Å². The lowest BCUT2D eigenvalue weighted by molar-refractivity contribution is 0.0505. The summed E-state index contributed by atoms with van der Waals surface area (Å²) in [4.78, 5) is 30.0. The van der Waals surface area contributed by atoms with Crippen molar-refractivity contribution in [1.82, 2.24) is 25.1 Å². The number of nitrogens with one attached hydrogen (secondary N) is 2. The van der Waals surface area contributed by atoms with Gasteiger partial charge in [-0.1, -0.05) is 17.7 Å². The smallest absolute Gasteiger partial charge is 0.408 e. The number of aromatic nitrogens is 4. The molecule has 0 spiro atoms. The van der Waals surface area contributed by atoms with E-state index in [1.165, 1.54) is 4.57 Å². The highest BCUT2D eigenvalue weighted by molar-refractivity contribution is 6.35. The molecule has 2 N–H and O–H groups in total. The Labute approximate surface area is 166 Å². The van der Waals surface area contributed by atoms with E-state index in [2.05, 4.69) is 20.5 Å². The van der Waals surface area contributed by atoms with E-state index in [0.717, 1.165) is 5.56 Å². The number of hydrogen-bond donors (Lipinski definition) is 2. The maximum Gasteiger partial charge on any atom is 0.408 e. The molecule has 8 nitrogen and oxygen atoms in total. The summed E-state index contributed by atoms with van der Waals surface area (Å²) in [6.07, 6.45) is 2.73. The van der Waals surface area contributed by atoms with Gasteiger partial charge in [0.2, 0.25) is 0 Å². The van der Waals surface area contributed by atoms with Crippen molar-refractivity contribution in [1.29, 1.82) is 0 Å². The number of benzene rings is 1. The number of hydrogen-bond acceptors (Lipinski definition) is 5. The van der Waals surface area contributed by atoms with Crippen molar-refractivity contribution < 1.29 is 9.53 Å². The van der Waals surface area contributed by atoms with Crippen LogP contribution in [0, 0.1) is 0 Å². The number of rotatable bonds is 4. The van der Waals surface area contributed by atoms with E-state index >= 15 is 0 Å². The van der Waals surface area contributed by atoms with Crippen LogP contribution in [0.3, 0.4) is 0 Å². The Bertz CT molecular complexity index is 1050. The number of aromatic amines is 1. The Morgan fingerprint density at radius 3 is 2.79 bits per heavy atom. The number of carbonyl (C=O) groups is 1. The molecular formula is C19H22ClN5O3. The van der Waals surface area contributed by atoms with Gasteiger partial charge in [0.25, 0.3) is 5.56 Å². The third kappa shape index (κ3) is 4.33. The van der Waals surface area contributed by atoms with Gasteiger partial charge >= 0.3 is 6.09 Å². The van der Waals surface area contributed by atoms with Crippen molar-refractivity contribution in [2.24, 2.45) is 0 Å². The minimum Gasteiger partial charge on any atom is -0.444 e. The van der Waals surface area contributed by atoms with Crippen molar-refractivity contribution in [3.63, 3.8) is 0 Å². The quantitative estimate of drug-likeness (QED) is 0.695. The molecule has 0 saturated heterocycles. The number of nitrogens with zero attached hydrogens (tertiary/aromatic N) is 3. The molecule has 0 aliphatic carbocycles. The van der Waals surface area contributed by atoms with E-state index in [1.807, 2.05) is 0 Å². The number of amides is 1. The molecule has 0 unspecified atom stereocenters. The molecule has 0 bridgehead atoms. The number of alkyl carbamates (subject to hydrolysis) is 1. The van der Waals surface area contributed by atoms with Gasteiger partial charge in [-0.25, -0.2) is 9.78 Å². The third-order valence-corrected chi connectivity index (χ3v) is 4.29. The summed E-state index contributed by atoms with van der Waals surface area (Å²) in [7, 11) is 0. The first kappa shape index (κ1) is 19.9. The Morgan fingerprint density at radius 2 is 2.14 bits per heavy atom. The zero-order valence-electron chi connectivity index (χ0n) is 16.1. The van der Waals surface area contributed by atoms with Crippen molar-refractivity contribution >= 4 is 28.6 Å². The van der Waals surface area contributed by atoms with E-state index in [9.17, 15) is 9.59 Å². The van der Waals surface area contributed by atoms with Crippen molar-refractivity contribution in [3.8, 4) is 0 Å². The fourth-order valence-corrected chi connectivity index (χ4v) is 3.07. The summed E-state index contributed by atoms with van der Waals surface area (Å²) in [5.74, 6) is 0.395. The van der Waals surface area contributed by atoms with Gasteiger partial charge in [0.1, 0.15) is 11.4 Å². The summed E-state index contributed by atoms with van der Waals surface area (Å²) >= 11 is 6.24. The second-order valence-electron chi connectivity index (χ2n) is 7.47. The van der Waals surface area contributed by atoms with E-state index in [0.29, 0.717) is 21.7 Å². The van der Waals surface area contributed by atoms with Crippen LogP contribution in [0.1, 0.15) is 45.1 Å². The Balaban J connectivity index is 2.06. The van der Waals surface area contributed by atoms with Crippen LogP contribution in [0.25, 0.3) is 10.9 Å². The normalized spacial score (nSPS) is 12.8. The number of fused-ring (bicyclic) bond motifs is 1. The molecule has 1 atom stereocenters. The Morgan fingerprint density at radius 1 is 1.39 bits per heavy atom. The van der Waals surface area contributed by atoms with Crippen LogP contribution in [0.15, 0.2) is 35.4 Å². The number of H-pyrrole nitrogens is 1. The monoisotopic (exact) mass is 403 g/mol. The average Bonchev–Trinajstić information content (AvgIpc) is 3.08. The summed E-state index contributed by atoms with van der Waals surface area (Å²) in [5, 5.41) is 10.0. The van der Waals surface area contributed by atoms with Crippen LogP contribution in [0.4, 0.5) is 4.79 Å². The molecule has 1 aromatic carbocycles. The highest BCUT2D eigenvalue weighted by Gasteiger charge is 2.23. The first-order valence-corrected chi connectivity index (χ1v) is 9.19. The molecule has 3 rings (SSSR count). The minimum atomic E-state index is -0.634. The Kier molecular flexibility index (Phi) is 5.42. The fourth-order valence-electron chi connectivity index (χ4n) is 2.82. The average molecular weight is 404 g/mol. The molecule has 2 aromatic heterocycles. The summed E-state index contributed by atoms with van der Waals surface area (Å²) < 4.78 is 6.80. The molecule has 9 heteroatoms. The van der Waals surface area contributed by atoms with E-state index < -0.39 is 17.7 Å². The zero-order chi connectivity index (χ0) is 20.5. The van der Waals surface area contributed by atoms with E-state index in [4.69, 9.17) is 16.3 Å². The molecular weight excluding hydrogens is 382 g/mol. The van der Waals surface area contributed by atoms with Crippen LogP contribution in [0.2, 0.25) is 5.02 Å². The van der Waals surface area contributed by atoms with Gasteiger partial charge in [0, 0.05) is 11.8 Å². The first-order chi connectivity index (χ1) is 13.2. The lowest BCUT2D eigenvalue weighted by atomic mass is 10.2. The zero-order valence-corrected chi connectivity index (χ0v) is 16.9. The third-order valence-electron chi connectivity index (χ3n) is 3.98. The molecule has 148 valence electrons. The molecule has 28 heavy (non-hydrogen) atoms. The van der Waals surface area contributed by atoms with Gasteiger partial charge in [-0.15, -0.1) is 0 Å². The lowest BCUT2D eigenvalue weighted by Crippen LogP contribution is -2.37. The van der Waals surface area contributed by atoms with Gasteiger partial charge in [-0.3, -0.25) is 14.5 Å². The minimum absolute atomic E-state index is 0.235. The van der Waals surface area contributed by atoms with Crippen molar-refractivity contribution in [2.75, 3.05) is 0 Å².